The van der Waals surface area contributed by atoms with E-state index in [0.29, 0.717) is 5.92 Å². The molecule has 0 aliphatic rings. The lowest BCUT2D eigenvalue weighted by Gasteiger charge is -2.14. The summed E-state index contributed by atoms with van der Waals surface area (Å²) < 4.78 is 1.14. The fraction of sp³-hybridized carbons (Fsp3) is 0.357. The predicted octanol–water partition coefficient (Wildman–Crippen LogP) is 5.33. The van der Waals surface area contributed by atoms with Gasteiger partial charge in [-0.25, -0.2) is 4.98 Å². The molecule has 0 fully saturated rings. The molecule has 18 heavy (non-hydrogen) atoms. The summed E-state index contributed by atoms with van der Waals surface area (Å²) in [6, 6.07) is 8.64. The first-order valence-electron chi connectivity index (χ1n) is 5.91. The largest absolute Gasteiger partial charge is 0.250 e. The first-order valence-corrected chi connectivity index (χ1v) is 8.70. The van der Waals surface area contributed by atoms with Gasteiger partial charge in [0.25, 0.3) is 0 Å². The molecule has 0 N–H and O–H groups in total. The van der Waals surface area contributed by atoms with Crippen molar-refractivity contribution in [3.8, 4) is 0 Å². The molecule has 0 saturated heterocycles. The van der Waals surface area contributed by atoms with Gasteiger partial charge >= 0.3 is 0 Å². The standard InChI is InChI=1S/C14H15Br2NS/c1-10-14(18-9-17-10)7-4-12(8-15)11-2-5-13(16)6-3-11/h2-3,5-6,9,12H,4,7-8H2,1H3. The number of thiazole rings is 1. The third-order valence-corrected chi connectivity index (χ3v) is 5.40. The Hall–Kier alpha value is -0.190. The summed E-state index contributed by atoms with van der Waals surface area (Å²) >= 11 is 8.87. The number of halogens is 2. The summed E-state index contributed by atoms with van der Waals surface area (Å²) in [7, 11) is 0. The van der Waals surface area contributed by atoms with Gasteiger partial charge in [0.15, 0.2) is 0 Å². The van der Waals surface area contributed by atoms with Gasteiger partial charge in [0, 0.05) is 14.7 Å². The Morgan fingerprint density at radius 1 is 1.28 bits per heavy atom. The molecule has 0 aliphatic heterocycles. The summed E-state index contributed by atoms with van der Waals surface area (Å²) in [6.07, 6.45) is 2.28. The van der Waals surface area contributed by atoms with Crippen molar-refractivity contribution in [2.45, 2.75) is 25.7 Å². The third-order valence-electron chi connectivity index (χ3n) is 3.09. The van der Waals surface area contributed by atoms with Crippen LogP contribution in [0.3, 0.4) is 0 Å². The normalized spacial score (nSPS) is 12.6. The molecule has 96 valence electrons. The van der Waals surface area contributed by atoms with E-state index in [0.717, 1.165) is 22.6 Å². The fourth-order valence-corrected chi connectivity index (χ4v) is 3.70. The number of rotatable bonds is 5. The molecule has 0 saturated carbocycles. The smallest absolute Gasteiger partial charge is 0.0797 e. The summed E-state index contributed by atoms with van der Waals surface area (Å²) in [5, 5.41) is 1.01. The summed E-state index contributed by atoms with van der Waals surface area (Å²) in [4.78, 5) is 5.72. The van der Waals surface area contributed by atoms with Crippen molar-refractivity contribution in [2.75, 3.05) is 5.33 Å². The number of benzene rings is 1. The van der Waals surface area contributed by atoms with E-state index >= 15 is 0 Å². The SMILES string of the molecule is Cc1ncsc1CCC(CBr)c1ccc(Br)cc1. The maximum absolute atomic E-state index is 4.31. The molecule has 2 rings (SSSR count). The molecule has 1 heterocycles. The second kappa shape index (κ2) is 6.83. The Bertz CT molecular complexity index is 493. The number of alkyl halides is 1. The minimum absolute atomic E-state index is 0.569. The average molecular weight is 389 g/mol. The Kier molecular flexibility index (Phi) is 5.39. The molecule has 1 nitrogen and oxygen atoms in total. The van der Waals surface area contributed by atoms with Crippen molar-refractivity contribution in [3.63, 3.8) is 0 Å². The average Bonchev–Trinajstić information content (AvgIpc) is 2.78. The quantitative estimate of drug-likeness (QED) is 0.631. The van der Waals surface area contributed by atoms with Crippen LogP contribution in [0.1, 0.15) is 28.5 Å². The molecule has 1 unspecified atom stereocenters. The van der Waals surface area contributed by atoms with E-state index in [4.69, 9.17) is 0 Å². The summed E-state index contributed by atoms with van der Waals surface area (Å²) in [6.45, 7) is 2.09. The van der Waals surface area contributed by atoms with Crippen molar-refractivity contribution in [1.29, 1.82) is 0 Å². The molecular formula is C14H15Br2NS. The van der Waals surface area contributed by atoms with E-state index in [2.05, 4.69) is 68.0 Å². The fourth-order valence-electron chi connectivity index (χ4n) is 1.94. The second-order valence-electron chi connectivity index (χ2n) is 4.30. The van der Waals surface area contributed by atoms with Crippen molar-refractivity contribution in [1.82, 2.24) is 4.98 Å². The number of aromatic nitrogens is 1. The molecule has 0 spiro atoms. The van der Waals surface area contributed by atoms with Gasteiger partial charge in [0.2, 0.25) is 0 Å². The summed E-state index contributed by atoms with van der Waals surface area (Å²) in [5.41, 5.74) is 4.52. The van der Waals surface area contributed by atoms with E-state index < -0.39 is 0 Å². The number of hydrogen-bond donors (Lipinski definition) is 0. The Balaban J connectivity index is 2.01. The third kappa shape index (κ3) is 3.65. The van der Waals surface area contributed by atoms with E-state index in [9.17, 15) is 0 Å². The van der Waals surface area contributed by atoms with Gasteiger partial charge < -0.3 is 0 Å². The lowest BCUT2D eigenvalue weighted by atomic mass is 9.96. The monoisotopic (exact) mass is 387 g/mol. The molecule has 4 heteroatoms. The molecule has 1 atom stereocenters. The van der Waals surface area contributed by atoms with Crippen molar-refractivity contribution in [3.05, 3.63) is 50.4 Å². The first kappa shape index (κ1) is 14.2. The molecule has 0 bridgehead atoms. The van der Waals surface area contributed by atoms with Gasteiger partial charge in [0.1, 0.15) is 0 Å². The van der Waals surface area contributed by atoms with Gasteiger partial charge in [-0.05, 0) is 43.4 Å². The van der Waals surface area contributed by atoms with Crippen LogP contribution in [-0.2, 0) is 6.42 Å². The minimum Gasteiger partial charge on any atom is -0.250 e. The Morgan fingerprint density at radius 2 is 2.00 bits per heavy atom. The van der Waals surface area contributed by atoms with Crippen LogP contribution in [0.15, 0.2) is 34.2 Å². The van der Waals surface area contributed by atoms with E-state index in [1.807, 2.05) is 5.51 Å². The van der Waals surface area contributed by atoms with Gasteiger partial charge in [-0.1, -0.05) is 44.0 Å². The first-order chi connectivity index (χ1) is 8.70. The van der Waals surface area contributed by atoms with Gasteiger partial charge in [0.05, 0.1) is 11.2 Å². The molecular weight excluding hydrogens is 374 g/mol. The topological polar surface area (TPSA) is 12.9 Å². The molecule has 0 aliphatic carbocycles. The van der Waals surface area contributed by atoms with Crippen LogP contribution in [0.4, 0.5) is 0 Å². The molecule has 1 aromatic heterocycles. The van der Waals surface area contributed by atoms with Crippen molar-refractivity contribution < 1.29 is 0 Å². The Labute approximate surface area is 129 Å². The number of aryl methyl sites for hydroxylation is 2. The van der Waals surface area contributed by atoms with Crippen LogP contribution >= 0.6 is 43.2 Å². The van der Waals surface area contributed by atoms with Crippen molar-refractivity contribution >= 4 is 43.2 Å². The van der Waals surface area contributed by atoms with Crippen molar-refractivity contribution in [2.24, 2.45) is 0 Å². The second-order valence-corrected chi connectivity index (χ2v) is 6.80. The molecule has 0 amide bonds. The van der Waals surface area contributed by atoms with Gasteiger partial charge in [-0.2, -0.15) is 0 Å². The van der Waals surface area contributed by atoms with Crippen LogP contribution in [0.25, 0.3) is 0 Å². The maximum Gasteiger partial charge on any atom is 0.0797 e. The molecule has 1 aromatic carbocycles. The van der Waals surface area contributed by atoms with Crippen LogP contribution in [0.5, 0.6) is 0 Å². The number of hydrogen-bond acceptors (Lipinski definition) is 2. The zero-order valence-electron chi connectivity index (χ0n) is 10.2. The summed E-state index contributed by atoms with van der Waals surface area (Å²) in [5.74, 6) is 0.569. The minimum atomic E-state index is 0.569. The van der Waals surface area contributed by atoms with Crippen LogP contribution in [0.2, 0.25) is 0 Å². The highest BCUT2D eigenvalue weighted by Gasteiger charge is 2.11. The molecule has 2 aromatic rings. The van der Waals surface area contributed by atoms with E-state index in [1.165, 1.54) is 16.1 Å². The van der Waals surface area contributed by atoms with Crippen LogP contribution < -0.4 is 0 Å². The number of nitrogens with zero attached hydrogens (tertiary/aromatic N) is 1. The lowest BCUT2D eigenvalue weighted by molar-refractivity contribution is 0.694. The van der Waals surface area contributed by atoms with Crippen LogP contribution in [-0.4, -0.2) is 10.3 Å². The molecule has 0 radical (unpaired) electrons. The zero-order chi connectivity index (χ0) is 13.0. The maximum atomic E-state index is 4.31. The van der Waals surface area contributed by atoms with E-state index in [-0.39, 0.29) is 0 Å². The van der Waals surface area contributed by atoms with Gasteiger partial charge in [-0.15, -0.1) is 11.3 Å². The highest BCUT2D eigenvalue weighted by atomic mass is 79.9. The zero-order valence-corrected chi connectivity index (χ0v) is 14.2. The van der Waals surface area contributed by atoms with Gasteiger partial charge in [-0.3, -0.25) is 0 Å². The lowest BCUT2D eigenvalue weighted by Crippen LogP contribution is -2.02. The predicted molar refractivity (Wildman–Crippen MR) is 85.8 cm³/mol. The Morgan fingerprint density at radius 3 is 2.56 bits per heavy atom. The highest BCUT2D eigenvalue weighted by Crippen LogP contribution is 2.26. The van der Waals surface area contributed by atoms with E-state index in [1.54, 1.807) is 11.3 Å². The highest BCUT2D eigenvalue weighted by molar-refractivity contribution is 9.10. The van der Waals surface area contributed by atoms with Crippen LogP contribution in [0, 0.1) is 6.92 Å².